The minimum absolute atomic E-state index is 0.271. The quantitative estimate of drug-likeness (QED) is 0.233. The third-order valence-electron chi connectivity index (χ3n) is 7.48. The van der Waals surface area contributed by atoms with Gasteiger partial charge in [0.15, 0.2) is 0 Å². The summed E-state index contributed by atoms with van der Waals surface area (Å²) >= 11 is 0. The van der Waals surface area contributed by atoms with Gasteiger partial charge in [0.25, 0.3) is 5.91 Å². The molecule has 2 heterocycles. The minimum Gasteiger partial charge on any atom is -0.492 e. The van der Waals surface area contributed by atoms with Gasteiger partial charge in [0.2, 0.25) is 11.8 Å². The first-order valence-corrected chi connectivity index (χ1v) is 15.5. The number of carbonyl (C=O) groups excluding carboxylic acids is 4. The van der Waals surface area contributed by atoms with Crippen molar-refractivity contribution in [1.82, 2.24) is 30.2 Å². The van der Waals surface area contributed by atoms with E-state index < -0.39 is 23.8 Å². The number of hydrogen-bond donors (Lipinski definition) is 4. The number of nitrogens with one attached hydrogen (secondary N) is 4. The highest BCUT2D eigenvalue weighted by Crippen LogP contribution is 2.27. The van der Waals surface area contributed by atoms with E-state index in [9.17, 15) is 19.2 Å². The molecule has 1 saturated heterocycles. The van der Waals surface area contributed by atoms with Gasteiger partial charge in [-0.15, -0.1) is 0 Å². The van der Waals surface area contributed by atoms with Crippen LogP contribution in [0.15, 0.2) is 54.6 Å². The Labute approximate surface area is 274 Å². The average molecular weight is 649 g/mol. The third-order valence-corrected chi connectivity index (χ3v) is 7.48. The molecule has 47 heavy (non-hydrogen) atoms. The maximum atomic E-state index is 13.2. The number of benzene rings is 2. The van der Waals surface area contributed by atoms with Crippen LogP contribution < -0.4 is 26.0 Å². The SMILES string of the molecule is CNC(=O)CN(CC(=O)NC)C(=O)c1ccc(-n2nc(C(C)(C)C)cc2NC(=O)Nc2ccc(OCCN3CCOCC3)cc2)cc1. The molecule has 14 heteroatoms. The number of morpholine rings is 1. The summed E-state index contributed by atoms with van der Waals surface area (Å²) in [7, 11) is 2.92. The lowest BCUT2D eigenvalue weighted by Crippen LogP contribution is -2.44. The summed E-state index contributed by atoms with van der Waals surface area (Å²) < 4.78 is 12.8. The van der Waals surface area contributed by atoms with Gasteiger partial charge in [-0.05, 0) is 48.5 Å². The van der Waals surface area contributed by atoms with Gasteiger partial charge in [-0.2, -0.15) is 5.10 Å². The molecule has 0 radical (unpaired) electrons. The van der Waals surface area contributed by atoms with Gasteiger partial charge < -0.3 is 30.3 Å². The number of ether oxygens (including phenoxy) is 2. The van der Waals surface area contributed by atoms with Crippen LogP contribution in [0.5, 0.6) is 5.75 Å². The van der Waals surface area contributed by atoms with Crippen LogP contribution in [0, 0.1) is 0 Å². The number of hydrogen-bond acceptors (Lipinski definition) is 8. The maximum Gasteiger partial charge on any atom is 0.324 e. The van der Waals surface area contributed by atoms with Gasteiger partial charge in [-0.1, -0.05) is 20.8 Å². The van der Waals surface area contributed by atoms with Crippen LogP contribution in [-0.2, 0) is 19.7 Å². The summed E-state index contributed by atoms with van der Waals surface area (Å²) in [5, 5.41) is 15.4. The van der Waals surface area contributed by atoms with E-state index in [0.29, 0.717) is 29.5 Å². The molecule has 1 aliphatic rings. The van der Waals surface area contributed by atoms with Gasteiger partial charge in [0.05, 0.1) is 24.6 Å². The van der Waals surface area contributed by atoms with Crippen LogP contribution in [0.1, 0.15) is 36.8 Å². The molecule has 2 aromatic carbocycles. The summed E-state index contributed by atoms with van der Waals surface area (Å²) in [5.74, 6) is -0.142. The molecule has 0 bridgehead atoms. The van der Waals surface area contributed by atoms with E-state index in [0.717, 1.165) is 38.5 Å². The number of rotatable bonds is 12. The van der Waals surface area contributed by atoms with Gasteiger partial charge in [0.1, 0.15) is 31.3 Å². The molecular formula is C33H44N8O6. The highest BCUT2D eigenvalue weighted by atomic mass is 16.5. The molecule has 0 aliphatic carbocycles. The molecule has 1 aromatic heterocycles. The zero-order valence-corrected chi connectivity index (χ0v) is 27.6. The van der Waals surface area contributed by atoms with Gasteiger partial charge >= 0.3 is 6.03 Å². The largest absolute Gasteiger partial charge is 0.492 e. The van der Waals surface area contributed by atoms with E-state index in [2.05, 4.69) is 26.2 Å². The summed E-state index contributed by atoms with van der Waals surface area (Å²) in [4.78, 5) is 53.8. The molecule has 3 aromatic rings. The van der Waals surface area contributed by atoms with Crippen molar-refractivity contribution in [3.8, 4) is 11.4 Å². The molecule has 1 aliphatic heterocycles. The fourth-order valence-electron chi connectivity index (χ4n) is 4.70. The van der Waals surface area contributed by atoms with Crippen molar-refractivity contribution in [2.45, 2.75) is 26.2 Å². The Hall–Kier alpha value is -4.95. The third kappa shape index (κ3) is 10.0. The molecule has 5 amide bonds. The summed E-state index contributed by atoms with van der Waals surface area (Å²) in [6.07, 6.45) is 0. The van der Waals surface area contributed by atoms with Crippen LogP contribution >= 0.6 is 0 Å². The average Bonchev–Trinajstić information content (AvgIpc) is 3.49. The molecule has 1 fully saturated rings. The zero-order chi connectivity index (χ0) is 34.0. The fourth-order valence-corrected chi connectivity index (χ4v) is 4.70. The summed E-state index contributed by atoms with van der Waals surface area (Å²) in [5.41, 5.74) is 1.90. The molecule has 4 rings (SSSR count). The predicted octanol–water partition coefficient (Wildman–Crippen LogP) is 2.46. The Bertz CT molecular complexity index is 1510. The zero-order valence-electron chi connectivity index (χ0n) is 27.6. The molecule has 14 nitrogen and oxygen atoms in total. The number of carbonyl (C=O) groups is 4. The van der Waals surface area contributed by atoms with Crippen LogP contribution in [0.25, 0.3) is 5.69 Å². The number of urea groups is 1. The van der Waals surface area contributed by atoms with Crippen molar-refractivity contribution in [3.63, 3.8) is 0 Å². The second-order valence-corrected chi connectivity index (χ2v) is 12.0. The number of aromatic nitrogens is 2. The molecule has 0 atom stereocenters. The van der Waals surface area contributed by atoms with Gasteiger partial charge in [-0.3, -0.25) is 24.6 Å². The number of likely N-dealkylation sites (N-methyl/N-ethyl adjacent to an activating group) is 2. The van der Waals surface area contributed by atoms with Crippen LogP contribution in [0.2, 0.25) is 0 Å². The molecule has 252 valence electrons. The number of anilines is 2. The Morgan fingerprint density at radius 1 is 0.894 bits per heavy atom. The first-order chi connectivity index (χ1) is 22.5. The molecule has 0 spiro atoms. The van der Waals surface area contributed by atoms with Crippen molar-refractivity contribution < 1.29 is 28.7 Å². The first-order valence-electron chi connectivity index (χ1n) is 15.5. The Morgan fingerprint density at radius 2 is 1.51 bits per heavy atom. The highest BCUT2D eigenvalue weighted by Gasteiger charge is 2.24. The van der Waals surface area contributed by atoms with Crippen molar-refractivity contribution in [1.29, 1.82) is 0 Å². The summed E-state index contributed by atoms with van der Waals surface area (Å²) in [6.45, 7) is 10.2. The fraction of sp³-hybridized carbons (Fsp3) is 0.424. The second kappa shape index (κ2) is 16.1. The van der Waals surface area contributed by atoms with E-state index in [1.54, 1.807) is 47.1 Å². The van der Waals surface area contributed by atoms with Gasteiger partial charge in [0, 0.05) is 56.5 Å². The topological polar surface area (TPSA) is 159 Å². The predicted molar refractivity (Wildman–Crippen MR) is 178 cm³/mol. The standard InChI is InChI=1S/C33H44N8O6/c1-33(2,3)27-20-28(37-32(45)36-24-8-12-26(13-9-24)47-19-16-39-14-17-46-18-15-39)41(38-27)25-10-6-23(7-11-25)31(44)40(21-29(42)34-4)22-30(43)35-5/h6-13,20H,14-19,21-22H2,1-5H3,(H,34,42)(H,35,43)(H2,36,37,45). The molecular weight excluding hydrogens is 604 g/mol. The molecule has 0 unspecified atom stereocenters. The lowest BCUT2D eigenvalue weighted by Gasteiger charge is -2.26. The van der Waals surface area contributed by atoms with E-state index >= 15 is 0 Å². The van der Waals surface area contributed by atoms with Crippen molar-refractivity contribution in [2.24, 2.45) is 0 Å². The molecule has 4 N–H and O–H groups in total. The van der Waals surface area contributed by atoms with Crippen molar-refractivity contribution >= 4 is 35.3 Å². The van der Waals surface area contributed by atoms with Crippen molar-refractivity contribution in [2.75, 3.05) is 77.3 Å². The van der Waals surface area contributed by atoms with E-state index in [1.165, 1.54) is 19.0 Å². The van der Waals surface area contributed by atoms with Crippen LogP contribution in [0.4, 0.5) is 16.3 Å². The smallest absolute Gasteiger partial charge is 0.324 e. The maximum absolute atomic E-state index is 13.2. The number of nitrogens with zero attached hydrogens (tertiary/aromatic N) is 4. The van der Waals surface area contributed by atoms with E-state index in [4.69, 9.17) is 14.6 Å². The van der Waals surface area contributed by atoms with Crippen LogP contribution in [-0.4, -0.2) is 110 Å². The lowest BCUT2D eigenvalue weighted by atomic mass is 9.92. The normalized spacial score (nSPS) is 13.4. The Kier molecular flexibility index (Phi) is 11.9. The molecule has 0 saturated carbocycles. The lowest BCUT2D eigenvalue weighted by molar-refractivity contribution is -0.123. The highest BCUT2D eigenvalue weighted by molar-refractivity contribution is 6.00. The van der Waals surface area contributed by atoms with Crippen LogP contribution in [0.3, 0.4) is 0 Å². The minimum atomic E-state index is -0.481. The van der Waals surface area contributed by atoms with E-state index in [-0.39, 0.29) is 24.1 Å². The Balaban J connectivity index is 1.44. The van der Waals surface area contributed by atoms with E-state index in [1.807, 2.05) is 32.9 Å². The van der Waals surface area contributed by atoms with Crippen molar-refractivity contribution in [3.05, 3.63) is 65.9 Å². The summed E-state index contributed by atoms with van der Waals surface area (Å²) in [6, 6.07) is 15.1. The Morgan fingerprint density at radius 3 is 2.09 bits per heavy atom. The first kappa shape index (κ1) is 34.9. The number of amides is 5. The second-order valence-electron chi connectivity index (χ2n) is 12.0. The monoisotopic (exact) mass is 648 g/mol. The van der Waals surface area contributed by atoms with Gasteiger partial charge in [-0.25, -0.2) is 9.48 Å².